The molecule has 1 aliphatic rings. The van der Waals surface area contributed by atoms with Crippen molar-refractivity contribution in [2.75, 3.05) is 11.9 Å². The molecule has 2 aromatic heterocycles. The lowest BCUT2D eigenvalue weighted by Gasteiger charge is -2.24. The van der Waals surface area contributed by atoms with Gasteiger partial charge in [0.15, 0.2) is 11.5 Å². The Morgan fingerprint density at radius 3 is 2.64 bits per heavy atom. The molecule has 0 aliphatic carbocycles. The molecule has 0 spiro atoms. The predicted octanol–water partition coefficient (Wildman–Crippen LogP) is 4.06. The van der Waals surface area contributed by atoms with Gasteiger partial charge in [0.2, 0.25) is 11.8 Å². The van der Waals surface area contributed by atoms with E-state index in [4.69, 9.17) is 17.3 Å². The standard InChI is InChI=1S/C29H24ClF2N7O3/c1-37-14-34-27-21(37)10-9-16(24(27)30)17-6-4-7-19(25(17)32)35-29(42)22-11-15(31)12-38(22)23(40)13-39-20-8-3-2-5-18(20)26(36-39)28(33)41/h2-10,14-15,22H,11-13H2,1H3,(H2,33,41)(H,35,42)/t15-,22+/m1/s1. The lowest BCUT2D eigenvalue weighted by atomic mass is 10.0. The van der Waals surface area contributed by atoms with Crippen molar-refractivity contribution in [2.45, 2.75) is 25.2 Å². The lowest BCUT2D eigenvalue weighted by molar-refractivity contribution is -0.137. The summed E-state index contributed by atoms with van der Waals surface area (Å²) in [6.45, 7) is -0.677. The number of nitrogens with two attached hydrogens (primary N) is 1. The van der Waals surface area contributed by atoms with Crippen LogP contribution < -0.4 is 11.1 Å². The minimum absolute atomic E-state index is 0.00450. The van der Waals surface area contributed by atoms with Crippen LogP contribution in [-0.2, 0) is 23.2 Å². The van der Waals surface area contributed by atoms with Crippen LogP contribution in [0.4, 0.5) is 14.5 Å². The zero-order valence-electron chi connectivity index (χ0n) is 22.2. The fourth-order valence-corrected chi connectivity index (χ4v) is 5.70. The van der Waals surface area contributed by atoms with Crippen LogP contribution >= 0.6 is 11.6 Å². The summed E-state index contributed by atoms with van der Waals surface area (Å²) in [7, 11) is 1.82. The molecular weight excluding hydrogens is 568 g/mol. The molecule has 2 atom stereocenters. The van der Waals surface area contributed by atoms with Gasteiger partial charge in [-0.15, -0.1) is 0 Å². The Morgan fingerprint density at radius 2 is 1.86 bits per heavy atom. The molecule has 3 heterocycles. The van der Waals surface area contributed by atoms with E-state index < -0.39 is 35.8 Å². The summed E-state index contributed by atoms with van der Waals surface area (Å²) in [5, 5.41) is 7.41. The number of imidazole rings is 1. The largest absolute Gasteiger partial charge is 0.364 e. The molecule has 3 N–H and O–H groups in total. The van der Waals surface area contributed by atoms with Gasteiger partial charge in [0, 0.05) is 30.0 Å². The van der Waals surface area contributed by atoms with Crippen LogP contribution in [0.3, 0.4) is 0 Å². The monoisotopic (exact) mass is 591 g/mol. The summed E-state index contributed by atoms with van der Waals surface area (Å²) in [5.74, 6) is -2.83. The maximum absolute atomic E-state index is 15.7. The number of aryl methyl sites for hydroxylation is 1. The number of fused-ring (bicyclic) bond motifs is 2. The van der Waals surface area contributed by atoms with E-state index in [1.54, 1.807) is 53.4 Å². The number of aromatic nitrogens is 4. The fraction of sp³-hybridized carbons (Fsp3) is 0.207. The van der Waals surface area contributed by atoms with Gasteiger partial charge < -0.3 is 20.5 Å². The summed E-state index contributed by atoms with van der Waals surface area (Å²) in [6, 6.07) is 13.4. The zero-order valence-corrected chi connectivity index (χ0v) is 23.0. The molecule has 0 bridgehead atoms. The average Bonchev–Trinajstić information content (AvgIpc) is 3.66. The quantitative estimate of drug-likeness (QED) is 0.308. The second-order valence-corrected chi connectivity index (χ2v) is 10.5. The van der Waals surface area contributed by atoms with Crippen LogP contribution in [0.25, 0.3) is 33.1 Å². The van der Waals surface area contributed by atoms with Crippen molar-refractivity contribution in [3.05, 3.63) is 77.5 Å². The zero-order chi connectivity index (χ0) is 29.7. The van der Waals surface area contributed by atoms with Gasteiger partial charge in [-0.3, -0.25) is 19.1 Å². The van der Waals surface area contributed by atoms with Gasteiger partial charge in [-0.25, -0.2) is 13.8 Å². The van der Waals surface area contributed by atoms with E-state index in [0.29, 0.717) is 22.0 Å². The number of carbonyl (C=O) groups is 3. The highest BCUT2D eigenvalue weighted by atomic mass is 35.5. The van der Waals surface area contributed by atoms with E-state index in [1.807, 2.05) is 7.05 Å². The number of hydrogen-bond donors (Lipinski definition) is 2. The number of rotatable bonds is 6. The van der Waals surface area contributed by atoms with Gasteiger partial charge in [-0.2, -0.15) is 5.10 Å². The third-order valence-corrected chi connectivity index (χ3v) is 7.81. The van der Waals surface area contributed by atoms with E-state index in [9.17, 15) is 18.8 Å². The molecule has 3 amide bonds. The molecule has 3 aromatic carbocycles. The topological polar surface area (TPSA) is 128 Å². The number of anilines is 1. The minimum atomic E-state index is -1.46. The van der Waals surface area contributed by atoms with Crippen LogP contribution in [0.1, 0.15) is 16.9 Å². The molecule has 0 radical (unpaired) electrons. The van der Waals surface area contributed by atoms with Crippen LogP contribution in [-0.4, -0.2) is 60.7 Å². The number of para-hydroxylation sites is 1. The first-order valence-corrected chi connectivity index (χ1v) is 13.4. The van der Waals surface area contributed by atoms with Gasteiger partial charge in [-0.1, -0.05) is 48.0 Å². The van der Waals surface area contributed by atoms with E-state index >= 15 is 4.39 Å². The van der Waals surface area contributed by atoms with E-state index in [-0.39, 0.29) is 41.5 Å². The summed E-state index contributed by atoms with van der Waals surface area (Å²) < 4.78 is 33.4. The van der Waals surface area contributed by atoms with Crippen molar-refractivity contribution < 1.29 is 23.2 Å². The van der Waals surface area contributed by atoms with Crippen molar-refractivity contribution in [1.82, 2.24) is 24.2 Å². The Balaban J connectivity index is 1.25. The third-order valence-electron chi connectivity index (χ3n) is 7.43. The molecule has 42 heavy (non-hydrogen) atoms. The Morgan fingerprint density at radius 1 is 1.07 bits per heavy atom. The maximum Gasteiger partial charge on any atom is 0.269 e. The van der Waals surface area contributed by atoms with E-state index in [0.717, 1.165) is 10.4 Å². The number of likely N-dealkylation sites (tertiary alicyclic amines) is 1. The lowest BCUT2D eigenvalue weighted by Crippen LogP contribution is -2.44. The number of nitrogens with zero attached hydrogens (tertiary/aromatic N) is 5. The van der Waals surface area contributed by atoms with E-state index in [2.05, 4.69) is 15.4 Å². The van der Waals surface area contributed by atoms with Crippen LogP contribution in [0, 0.1) is 5.82 Å². The summed E-state index contributed by atoms with van der Waals surface area (Å²) in [5.41, 5.74) is 7.58. The second-order valence-electron chi connectivity index (χ2n) is 10.1. The summed E-state index contributed by atoms with van der Waals surface area (Å²) in [6.07, 6.45) is -0.112. The Labute approximate surface area is 242 Å². The molecule has 1 aliphatic heterocycles. The molecule has 0 unspecified atom stereocenters. The van der Waals surface area contributed by atoms with Gasteiger partial charge >= 0.3 is 0 Å². The van der Waals surface area contributed by atoms with Gasteiger partial charge in [-0.05, 0) is 18.2 Å². The summed E-state index contributed by atoms with van der Waals surface area (Å²) in [4.78, 5) is 43.9. The van der Waals surface area contributed by atoms with Gasteiger partial charge in [0.25, 0.3) is 5.91 Å². The average molecular weight is 592 g/mol. The first kappa shape index (κ1) is 27.3. The molecule has 5 aromatic rings. The van der Waals surface area contributed by atoms with Crippen molar-refractivity contribution >= 4 is 56.9 Å². The van der Waals surface area contributed by atoms with Crippen molar-refractivity contribution in [1.29, 1.82) is 0 Å². The van der Waals surface area contributed by atoms with E-state index in [1.165, 1.54) is 16.8 Å². The van der Waals surface area contributed by atoms with Gasteiger partial charge in [0.05, 0.1) is 34.6 Å². The summed E-state index contributed by atoms with van der Waals surface area (Å²) >= 11 is 6.57. The van der Waals surface area contributed by atoms with Crippen molar-refractivity contribution in [3.63, 3.8) is 0 Å². The highest BCUT2D eigenvalue weighted by Gasteiger charge is 2.40. The van der Waals surface area contributed by atoms with Gasteiger partial charge in [0.1, 0.15) is 24.3 Å². The fourth-order valence-electron chi connectivity index (χ4n) is 5.39. The number of hydrogen-bond acceptors (Lipinski definition) is 5. The number of benzene rings is 3. The number of alkyl halides is 1. The first-order chi connectivity index (χ1) is 20.1. The molecule has 1 fully saturated rings. The Hall–Kier alpha value is -4.84. The highest BCUT2D eigenvalue weighted by molar-refractivity contribution is 6.37. The molecular formula is C29H24ClF2N7O3. The maximum atomic E-state index is 15.7. The van der Waals surface area contributed by atoms with Crippen molar-refractivity contribution in [2.24, 2.45) is 12.8 Å². The van der Waals surface area contributed by atoms with Crippen molar-refractivity contribution in [3.8, 4) is 11.1 Å². The van der Waals surface area contributed by atoms with Crippen LogP contribution in [0.5, 0.6) is 0 Å². The first-order valence-electron chi connectivity index (χ1n) is 13.0. The predicted molar refractivity (Wildman–Crippen MR) is 153 cm³/mol. The second kappa shape index (κ2) is 10.5. The SMILES string of the molecule is Cn1cnc2c(Cl)c(-c3cccc(NC(=O)[C@@H]4C[C@@H](F)CN4C(=O)Cn4nc(C(N)=O)c5ccccc54)c3F)ccc21. The Kier molecular flexibility index (Phi) is 6.85. The van der Waals surface area contributed by atoms with Crippen LogP contribution in [0.2, 0.25) is 5.02 Å². The molecule has 13 heteroatoms. The molecule has 1 saturated heterocycles. The number of halogens is 3. The third kappa shape index (κ3) is 4.63. The molecule has 214 valence electrons. The van der Waals surface area contributed by atoms with Crippen LogP contribution in [0.15, 0.2) is 60.9 Å². The number of primary amides is 1. The highest BCUT2D eigenvalue weighted by Crippen LogP contribution is 2.37. The molecule has 6 rings (SSSR count). The number of amides is 3. The molecule has 0 saturated carbocycles. The minimum Gasteiger partial charge on any atom is -0.364 e. The molecule has 10 nitrogen and oxygen atoms in total. The smallest absolute Gasteiger partial charge is 0.269 e. The number of carbonyl (C=O) groups excluding carboxylic acids is 3. The number of nitrogens with one attached hydrogen (secondary N) is 1. The Bertz CT molecular complexity index is 1900. The normalized spacial score (nSPS) is 16.8.